The van der Waals surface area contributed by atoms with Crippen LogP contribution < -0.4 is 10.2 Å². The fourth-order valence-corrected chi connectivity index (χ4v) is 5.81. The SMILES string of the molecule is O=C([O-])c1ccc(S(=O)(=O)[O-])cc1.O=C([O-])c1ccc(S(=O)(=O)[O-])cc1.[Cd+2].[Cd+2].[OH3+].[OH3+].[OH3+].[OH3+].c1cnc2c(c1)ccc1cccnc12.c1cnc2c(c1)ccc1cccnc12. The first-order valence-corrected chi connectivity index (χ1v) is 18.3. The molecule has 12 N–H and O–H groups in total. The van der Waals surface area contributed by atoms with Gasteiger partial charge < -0.3 is 50.8 Å². The van der Waals surface area contributed by atoms with E-state index in [4.69, 9.17) is 0 Å². The van der Waals surface area contributed by atoms with Crippen LogP contribution in [0, 0.1) is 0 Å². The van der Waals surface area contributed by atoms with Crippen LogP contribution >= 0.6 is 0 Å². The maximum Gasteiger partial charge on any atom is 2.00 e. The molecule has 304 valence electrons. The number of carbonyl (C=O) groups is 2. The van der Waals surface area contributed by atoms with E-state index in [0.717, 1.165) is 92.1 Å². The van der Waals surface area contributed by atoms with Crippen molar-refractivity contribution in [3.63, 3.8) is 0 Å². The van der Waals surface area contributed by atoms with Gasteiger partial charge in [-0.05, 0) is 59.7 Å². The van der Waals surface area contributed by atoms with Gasteiger partial charge in [0.2, 0.25) is 0 Å². The van der Waals surface area contributed by atoms with Crippen LogP contribution in [0.25, 0.3) is 43.6 Å². The molecule has 0 saturated carbocycles. The summed E-state index contributed by atoms with van der Waals surface area (Å²) in [4.78, 5) is 36.9. The van der Waals surface area contributed by atoms with Crippen molar-refractivity contribution in [1.82, 2.24) is 19.9 Å². The molecule has 0 aliphatic heterocycles. The molecule has 0 saturated heterocycles. The maximum absolute atomic E-state index is 10.4. The van der Waals surface area contributed by atoms with E-state index in [9.17, 15) is 45.7 Å². The summed E-state index contributed by atoms with van der Waals surface area (Å²) >= 11 is 0. The molecule has 0 fully saturated rings. The molecule has 60 heavy (non-hydrogen) atoms. The van der Waals surface area contributed by atoms with Crippen molar-refractivity contribution in [3.8, 4) is 0 Å². The van der Waals surface area contributed by atoms with E-state index < -0.39 is 42.0 Å². The normalized spacial score (nSPS) is 9.90. The van der Waals surface area contributed by atoms with Crippen LogP contribution in [-0.4, -0.2) is 57.8 Å². The van der Waals surface area contributed by atoms with Crippen LogP contribution in [0.4, 0.5) is 0 Å². The van der Waals surface area contributed by atoms with Crippen molar-refractivity contribution in [3.05, 3.63) is 157 Å². The number of aromatic nitrogens is 4. The predicted octanol–water partition coefficient (Wildman–Crippen LogP) is -0.218. The second-order valence-electron chi connectivity index (χ2n) is 11.0. The van der Waals surface area contributed by atoms with Crippen molar-refractivity contribution in [2.75, 3.05) is 0 Å². The number of carboxylic acid groups (broad SMARTS) is 2. The van der Waals surface area contributed by atoms with Crippen LogP contribution in [0.1, 0.15) is 20.7 Å². The average molecular weight is 1060 g/mol. The Hall–Kier alpha value is -5.04. The summed E-state index contributed by atoms with van der Waals surface area (Å²) in [5.74, 6) is -2.84. The van der Waals surface area contributed by atoms with Gasteiger partial charge in [0.25, 0.3) is 0 Å². The third kappa shape index (κ3) is 15.2. The number of nitrogens with zero attached hydrogens (tertiary/aromatic N) is 4. The van der Waals surface area contributed by atoms with Crippen LogP contribution in [0.2, 0.25) is 0 Å². The molecule has 4 aromatic carbocycles. The molecule has 0 radical (unpaired) electrons. The topological polar surface area (TPSA) is 378 Å². The van der Waals surface area contributed by atoms with Crippen molar-refractivity contribution in [2.24, 2.45) is 0 Å². The molecule has 0 aliphatic carbocycles. The average Bonchev–Trinajstić information content (AvgIpc) is 3.18. The number of fused-ring (bicyclic) bond motifs is 6. The van der Waals surface area contributed by atoms with E-state index in [2.05, 4.69) is 68.5 Å². The van der Waals surface area contributed by atoms with Crippen molar-refractivity contribution >= 4 is 75.8 Å². The number of pyridine rings is 4. The number of carbonyl (C=O) groups excluding carboxylic acids is 2. The fraction of sp³-hybridized carbons (Fsp3) is 0. The van der Waals surface area contributed by atoms with E-state index in [1.54, 1.807) is 24.8 Å². The third-order valence-corrected chi connectivity index (χ3v) is 9.15. The third-order valence-electron chi connectivity index (χ3n) is 7.45. The van der Waals surface area contributed by atoms with Gasteiger partial charge in [0, 0.05) is 46.3 Å². The molecule has 0 aliphatic rings. The fourth-order valence-electron chi connectivity index (χ4n) is 4.87. The van der Waals surface area contributed by atoms with Gasteiger partial charge in [-0.15, -0.1) is 0 Å². The minimum absolute atomic E-state index is 0. The molecule has 0 unspecified atom stereocenters. The summed E-state index contributed by atoms with van der Waals surface area (Å²) < 4.78 is 62.4. The smallest absolute Gasteiger partial charge is 0.744 e. The Morgan fingerprint density at radius 1 is 0.383 bits per heavy atom. The standard InChI is InChI=1S/2C12H8N2.2C7H6O5S.2Cd.4H2O/c2*1-3-9-5-6-10-4-2-8-14-12(10)11(9)13-7-1;2*8-7(9)5-1-3-6(4-2-5)13(10,11)12;;;;;;/h2*1-8H;2*1-4H,(H,8,9)(H,10,11,12);;;4*1H2/q;;;;2*+2;;;;. The zero-order chi connectivity index (χ0) is 38.9. The summed E-state index contributed by atoms with van der Waals surface area (Å²) in [6, 6.07) is 32.0. The van der Waals surface area contributed by atoms with Crippen LogP contribution in [0.3, 0.4) is 0 Å². The molecule has 0 bridgehead atoms. The largest absolute Gasteiger partial charge is 2.00 e. The molecule has 8 aromatic rings. The molecule has 0 amide bonds. The van der Waals surface area contributed by atoms with Gasteiger partial charge in [-0.3, -0.25) is 19.9 Å². The van der Waals surface area contributed by atoms with Crippen LogP contribution in [-0.2, 0) is 96.7 Å². The summed E-state index contributed by atoms with van der Waals surface area (Å²) in [5.41, 5.74) is 3.56. The summed E-state index contributed by atoms with van der Waals surface area (Å²) in [6.07, 6.45) is 7.21. The Labute approximate surface area is 382 Å². The van der Waals surface area contributed by atoms with E-state index >= 15 is 0 Å². The van der Waals surface area contributed by atoms with Crippen LogP contribution in [0.15, 0.2) is 156 Å². The minimum Gasteiger partial charge on any atom is -0.744 e. The zero-order valence-electron chi connectivity index (χ0n) is 31.3. The van der Waals surface area contributed by atoms with Crippen molar-refractivity contribution in [2.45, 2.75) is 9.79 Å². The van der Waals surface area contributed by atoms with Gasteiger partial charge in [-0.25, -0.2) is 16.8 Å². The second kappa shape index (κ2) is 25.6. The number of rotatable bonds is 4. The van der Waals surface area contributed by atoms with E-state index in [-0.39, 0.29) is 87.6 Å². The molecule has 18 nitrogen and oxygen atoms in total. The Kier molecular flexibility index (Phi) is 24.3. The van der Waals surface area contributed by atoms with Crippen molar-refractivity contribution in [1.29, 1.82) is 0 Å². The van der Waals surface area contributed by atoms with E-state index in [1.165, 1.54) is 0 Å². The zero-order valence-corrected chi connectivity index (χ0v) is 41.0. The van der Waals surface area contributed by atoms with E-state index in [1.807, 2.05) is 24.3 Å². The molecule has 8 rings (SSSR count). The number of benzene rings is 4. The Bertz CT molecular complexity index is 2550. The van der Waals surface area contributed by atoms with Gasteiger partial charge in [0.15, 0.2) is 0 Å². The first kappa shape index (κ1) is 57.1. The van der Waals surface area contributed by atoms with Gasteiger partial charge >= 0.3 is 54.6 Å². The quantitative estimate of drug-likeness (QED) is 0.0953. The number of carboxylic acids is 2. The molecule has 22 heteroatoms. The number of aromatic carboxylic acids is 2. The number of hydrogen-bond donors (Lipinski definition) is 0. The second-order valence-corrected chi connectivity index (χ2v) is 13.7. The molecule has 4 heterocycles. The summed E-state index contributed by atoms with van der Waals surface area (Å²) in [5, 5.41) is 25.0. The summed E-state index contributed by atoms with van der Waals surface area (Å²) in [7, 11) is -9.02. The Morgan fingerprint density at radius 3 is 0.783 bits per heavy atom. The Balaban J connectivity index is 0. The van der Waals surface area contributed by atoms with Gasteiger partial charge in [0.05, 0.1) is 43.8 Å². The molecular formula is C38H36Cd2N4O14S2+4. The van der Waals surface area contributed by atoms with Crippen LogP contribution in [0.5, 0.6) is 0 Å². The minimum atomic E-state index is -4.51. The molecule has 0 spiro atoms. The molecular weight excluding hydrogens is 1030 g/mol. The van der Waals surface area contributed by atoms with Gasteiger partial charge in [-0.2, -0.15) is 0 Å². The van der Waals surface area contributed by atoms with Gasteiger partial charge in [0.1, 0.15) is 20.2 Å². The predicted molar refractivity (Wildman–Crippen MR) is 211 cm³/mol. The number of hydrogen-bond acceptors (Lipinski definition) is 14. The van der Waals surface area contributed by atoms with Gasteiger partial charge in [-0.1, -0.05) is 72.8 Å². The monoisotopic (exact) mass is 1060 g/mol. The maximum atomic E-state index is 10.4. The summed E-state index contributed by atoms with van der Waals surface area (Å²) in [6.45, 7) is 0. The first-order chi connectivity index (χ1) is 25.7. The Morgan fingerprint density at radius 2 is 0.600 bits per heavy atom. The molecule has 4 aromatic heterocycles. The first-order valence-electron chi connectivity index (χ1n) is 15.4. The van der Waals surface area contributed by atoms with Crippen molar-refractivity contribution < 1.29 is 122 Å². The molecule has 0 atom stereocenters. The van der Waals surface area contributed by atoms with E-state index in [0.29, 0.717) is 0 Å².